The molecule has 1 aliphatic rings. The average molecular weight is 416 g/mol. The third-order valence-corrected chi connectivity index (χ3v) is 7.49. The number of nitrogens with zero attached hydrogens (tertiary/aromatic N) is 3. The Morgan fingerprint density at radius 1 is 1.10 bits per heavy atom. The van der Waals surface area contributed by atoms with Gasteiger partial charge in [0.15, 0.2) is 0 Å². The van der Waals surface area contributed by atoms with Gasteiger partial charge in [-0.05, 0) is 36.4 Å². The largest absolute Gasteiger partial charge is 0.384 e. The number of para-hydroxylation sites is 1. The van der Waals surface area contributed by atoms with E-state index < -0.39 is 5.60 Å². The first-order valence-corrected chi connectivity index (χ1v) is 10.8. The van der Waals surface area contributed by atoms with Crippen molar-refractivity contribution in [3.63, 3.8) is 0 Å². The molecule has 1 fully saturated rings. The molecule has 0 bridgehead atoms. The van der Waals surface area contributed by atoms with E-state index in [0.717, 1.165) is 21.2 Å². The van der Waals surface area contributed by atoms with Gasteiger partial charge < -0.3 is 14.6 Å². The van der Waals surface area contributed by atoms with Crippen LogP contribution in [-0.2, 0) is 12.6 Å². The first kappa shape index (κ1) is 18.9. The van der Waals surface area contributed by atoms with Crippen molar-refractivity contribution in [3.05, 3.63) is 75.4 Å². The van der Waals surface area contributed by atoms with Gasteiger partial charge in [0.25, 0.3) is 5.56 Å². The quantitative estimate of drug-likeness (QED) is 0.535. The smallest absolute Gasteiger partial charge is 0.270 e. The van der Waals surface area contributed by atoms with Crippen LogP contribution in [0.4, 0.5) is 5.69 Å². The Labute approximate surface area is 178 Å². The summed E-state index contributed by atoms with van der Waals surface area (Å²) < 4.78 is 2.71. The molecule has 150 valence electrons. The van der Waals surface area contributed by atoms with Crippen molar-refractivity contribution >= 4 is 38.0 Å². The molecule has 2 aromatic carbocycles. The van der Waals surface area contributed by atoms with Gasteiger partial charge in [-0.25, -0.2) is 0 Å². The highest BCUT2D eigenvalue weighted by Crippen LogP contribution is 2.41. The molecule has 0 amide bonds. The molecule has 5 nitrogen and oxygen atoms in total. The zero-order chi connectivity index (χ0) is 20.9. The first-order chi connectivity index (χ1) is 14.5. The number of aliphatic hydroxyl groups is 1. The maximum absolute atomic E-state index is 12.8. The zero-order valence-electron chi connectivity index (χ0n) is 16.6. The van der Waals surface area contributed by atoms with Crippen LogP contribution in [0.3, 0.4) is 0 Å². The second-order valence-electron chi connectivity index (χ2n) is 7.88. The number of thiophene rings is 1. The van der Waals surface area contributed by atoms with Crippen molar-refractivity contribution in [1.29, 1.82) is 5.26 Å². The number of benzene rings is 2. The van der Waals surface area contributed by atoms with Crippen LogP contribution in [0.2, 0.25) is 0 Å². The highest BCUT2D eigenvalue weighted by molar-refractivity contribution is 7.19. The molecule has 0 radical (unpaired) electrons. The predicted octanol–water partition coefficient (Wildman–Crippen LogP) is 4.11. The van der Waals surface area contributed by atoms with Gasteiger partial charge in [-0.15, -0.1) is 11.3 Å². The Morgan fingerprint density at radius 2 is 1.80 bits per heavy atom. The number of fused-ring (bicyclic) bond motifs is 2. The molecular formula is C24H21N3O2S. The van der Waals surface area contributed by atoms with Gasteiger partial charge in [0, 0.05) is 35.1 Å². The van der Waals surface area contributed by atoms with Gasteiger partial charge in [-0.1, -0.05) is 36.4 Å². The molecule has 0 aliphatic carbocycles. The van der Waals surface area contributed by atoms with E-state index in [9.17, 15) is 15.2 Å². The van der Waals surface area contributed by atoms with Crippen LogP contribution in [0.25, 0.3) is 21.0 Å². The van der Waals surface area contributed by atoms with Crippen molar-refractivity contribution in [2.45, 2.75) is 18.4 Å². The Balaban J connectivity index is 1.53. The maximum atomic E-state index is 12.8. The van der Waals surface area contributed by atoms with Crippen LogP contribution in [0, 0.1) is 11.3 Å². The van der Waals surface area contributed by atoms with E-state index in [1.54, 1.807) is 18.4 Å². The topological polar surface area (TPSA) is 69.3 Å². The molecule has 1 aliphatic heterocycles. The van der Waals surface area contributed by atoms with Gasteiger partial charge in [-0.2, -0.15) is 5.26 Å². The Bertz CT molecular complexity index is 1340. The lowest BCUT2D eigenvalue weighted by atomic mass is 9.89. The SMILES string of the molecule is Cn1c(=O)c(C#N)c(N2CCC(O)(c3cc4ccccc4s3)CC2)c2ccccc21. The highest BCUT2D eigenvalue weighted by Gasteiger charge is 2.36. The summed E-state index contributed by atoms with van der Waals surface area (Å²) in [6.45, 7) is 1.16. The van der Waals surface area contributed by atoms with Crippen LogP contribution < -0.4 is 10.5 Å². The summed E-state index contributed by atoms with van der Waals surface area (Å²) in [6, 6.07) is 20.1. The Morgan fingerprint density at radius 3 is 2.53 bits per heavy atom. The lowest BCUT2D eigenvalue weighted by Gasteiger charge is -2.39. The number of aromatic nitrogens is 1. The third-order valence-electron chi connectivity index (χ3n) is 6.18. The van der Waals surface area contributed by atoms with Gasteiger partial charge in [0.2, 0.25) is 0 Å². The molecule has 3 heterocycles. The molecule has 0 atom stereocenters. The summed E-state index contributed by atoms with van der Waals surface area (Å²) in [5.41, 5.74) is 0.499. The number of anilines is 1. The highest BCUT2D eigenvalue weighted by atomic mass is 32.1. The van der Waals surface area contributed by atoms with E-state index in [2.05, 4.69) is 29.2 Å². The van der Waals surface area contributed by atoms with E-state index in [1.807, 2.05) is 36.4 Å². The fraction of sp³-hybridized carbons (Fsp3) is 0.250. The summed E-state index contributed by atoms with van der Waals surface area (Å²) in [7, 11) is 1.70. The molecule has 30 heavy (non-hydrogen) atoms. The predicted molar refractivity (Wildman–Crippen MR) is 121 cm³/mol. The number of nitriles is 1. The fourth-order valence-electron chi connectivity index (χ4n) is 4.47. The van der Waals surface area contributed by atoms with Crippen molar-refractivity contribution in [1.82, 2.24) is 4.57 Å². The molecule has 1 saturated heterocycles. The second-order valence-corrected chi connectivity index (χ2v) is 8.97. The van der Waals surface area contributed by atoms with Gasteiger partial charge in [0.05, 0.1) is 11.2 Å². The molecule has 5 rings (SSSR count). The molecule has 0 saturated carbocycles. The summed E-state index contributed by atoms with van der Waals surface area (Å²) in [4.78, 5) is 15.9. The number of pyridine rings is 1. The monoisotopic (exact) mass is 415 g/mol. The third kappa shape index (κ3) is 2.82. The minimum atomic E-state index is -0.886. The van der Waals surface area contributed by atoms with Crippen LogP contribution in [0.15, 0.2) is 59.4 Å². The number of piperidine rings is 1. The van der Waals surface area contributed by atoms with E-state index in [1.165, 1.54) is 9.27 Å². The lowest BCUT2D eigenvalue weighted by Crippen LogP contribution is -2.43. The summed E-state index contributed by atoms with van der Waals surface area (Å²) in [5, 5.41) is 23.2. The van der Waals surface area contributed by atoms with Crippen LogP contribution >= 0.6 is 11.3 Å². The number of hydrogen-bond acceptors (Lipinski definition) is 5. The summed E-state index contributed by atoms with van der Waals surface area (Å²) in [5.74, 6) is 0. The molecule has 2 aromatic heterocycles. The van der Waals surface area contributed by atoms with Crippen molar-refractivity contribution in [3.8, 4) is 6.07 Å². The molecule has 1 N–H and O–H groups in total. The van der Waals surface area contributed by atoms with E-state index in [4.69, 9.17) is 0 Å². The minimum Gasteiger partial charge on any atom is -0.384 e. The average Bonchev–Trinajstić information content (AvgIpc) is 3.22. The van der Waals surface area contributed by atoms with Crippen molar-refractivity contribution in [2.24, 2.45) is 7.05 Å². The minimum absolute atomic E-state index is 0.170. The standard InChI is InChI=1S/C24H21N3O2S/c1-26-19-8-4-3-7-17(19)22(18(15-25)23(26)28)27-12-10-24(29,11-13-27)21-14-16-6-2-5-9-20(16)30-21/h2-9,14,29H,10-13H2,1H3. The molecule has 4 aromatic rings. The summed E-state index contributed by atoms with van der Waals surface area (Å²) in [6.07, 6.45) is 1.10. The lowest BCUT2D eigenvalue weighted by molar-refractivity contribution is 0.0154. The Hall–Kier alpha value is -3.14. The number of aryl methyl sites for hydroxylation is 1. The second kappa shape index (κ2) is 6.98. The van der Waals surface area contributed by atoms with Gasteiger partial charge in [0.1, 0.15) is 17.2 Å². The van der Waals surface area contributed by atoms with Crippen LogP contribution in [-0.4, -0.2) is 22.8 Å². The molecule has 6 heteroatoms. The molecule has 0 spiro atoms. The van der Waals surface area contributed by atoms with Crippen LogP contribution in [0.1, 0.15) is 23.3 Å². The Kier molecular flexibility index (Phi) is 4.39. The van der Waals surface area contributed by atoms with E-state index in [-0.39, 0.29) is 11.1 Å². The normalized spacial score (nSPS) is 16.1. The fourth-order valence-corrected chi connectivity index (χ4v) is 5.67. The van der Waals surface area contributed by atoms with E-state index in [0.29, 0.717) is 31.6 Å². The number of hydrogen-bond donors (Lipinski definition) is 1. The zero-order valence-corrected chi connectivity index (χ0v) is 17.4. The number of rotatable bonds is 2. The van der Waals surface area contributed by atoms with E-state index >= 15 is 0 Å². The summed E-state index contributed by atoms with van der Waals surface area (Å²) >= 11 is 1.64. The van der Waals surface area contributed by atoms with Gasteiger partial charge in [-0.3, -0.25) is 4.79 Å². The molecular weight excluding hydrogens is 394 g/mol. The van der Waals surface area contributed by atoms with Gasteiger partial charge >= 0.3 is 0 Å². The maximum Gasteiger partial charge on any atom is 0.270 e. The van der Waals surface area contributed by atoms with Crippen molar-refractivity contribution < 1.29 is 5.11 Å². The van der Waals surface area contributed by atoms with Crippen molar-refractivity contribution in [2.75, 3.05) is 18.0 Å². The first-order valence-electron chi connectivity index (χ1n) is 10.00. The van der Waals surface area contributed by atoms with Crippen LogP contribution in [0.5, 0.6) is 0 Å². The molecule has 0 unspecified atom stereocenters.